The van der Waals surface area contributed by atoms with Gasteiger partial charge in [0, 0.05) is 17.8 Å². The van der Waals surface area contributed by atoms with Gasteiger partial charge in [0.15, 0.2) is 5.11 Å². The number of non-ortho nitro benzene ring substituents is 1. The van der Waals surface area contributed by atoms with Gasteiger partial charge in [0.1, 0.15) is 5.75 Å². The molecule has 1 aliphatic heterocycles. The average Bonchev–Trinajstić information content (AvgIpc) is 2.73. The molecule has 1 N–H and O–H groups in total. The first kappa shape index (κ1) is 20.3. The third-order valence-electron chi connectivity index (χ3n) is 4.65. The van der Waals surface area contributed by atoms with E-state index in [2.05, 4.69) is 5.32 Å². The number of ether oxygens (including phenoxy) is 2. The van der Waals surface area contributed by atoms with Crippen molar-refractivity contribution in [2.24, 2.45) is 0 Å². The van der Waals surface area contributed by atoms with Crippen LogP contribution in [0.1, 0.15) is 18.5 Å². The molecule has 1 heterocycles. The Morgan fingerprint density at radius 2 is 1.83 bits per heavy atom. The van der Waals surface area contributed by atoms with Crippen molar-refractivity contribution in [3.8, 4) is 5.75 Å². The molecule has 0 aromatic heterocycles. The lowest BCUT2D eigenvalue weighted by molar-refractivity contribution is -0.384. The van der Waals surface area contributed by atoms with Gasteiger partial charge in [-0.05, 0) is 49.0 Å². The zero-order valence-electron chi connectivity index (χ0n) is 16.0. The number of hydrogen-bond acceptors (Lipinski definition) is 6. The summed E-state index contributed by atoms with van der Waals surface area (Å²) in [5.74, 6) is 0.0646. The molecule has 0 amide bonds. The lowest BCUT2D eigenvalue weighted by Crippen LogP contribution is -2.48. The summed E-state index contributed by atoms with van der Waals surface area (Å²) in [7, 11) is 2.86. The van der Waals surface area contributed by atoms with Gasteiger partial charge in [-0.3, -0.25) is 15.0 Å². The van der Waals surface area contributed by atoms with Crippen molar-refractivity contribution < 1.29 is 19.2 Å². The number of allylic oxidation sites excluding steroid dienone is 1. The van der Waals surface area contributed by atoms with E-state index in [1.54, 1.807) is 37.1 Å². The number of rotatable bonds is 5. The number of anilines is 1. The molecule has 150 valence electrons. The Morgan fingerprint density at radius 1 is 1.17 bits per heavy atom. The molecule has 1 aliphatic rings. The van der Waals surface area contributed by atoms with Crippen molar-refractivity contribution in [3.05, 3.63) is 75.5 Å². The number of esters is 1. The second kappa shape index (κ2) is 8.27. The summed E-state index contributed by atoms with van der Waals surface area (Å²) >= 11 is 5.58. The van der Waals surface area contributed by atoms with Crippen LogP contribution in [0.4, 0.5) is 11.4 Å². The van der Waals surface area contributed by atoms with E-state index in [-0.39, 0.29) is 5.69 Å². The molecule has 2 aromatic carbocycles. The molecular weight excluding hydrogens is 394 g/mol. The molecule has 8 nitrogen and oxygen atoms in total. The molecular formula is C20H19N3O5S. The van der Waals surface area contributed by atoms with Crippen LogP contribution in [0.3, 0.4) is 0 Å². The summed E-state index contributed by atoms with van der Waals surface area (Å²) < 4.78 is 10.4. The molecule has 1 atom stereocenters. The van der Waals surface area contributed by atoms with E-state index in [9.17, 15) is 14.9 Å². The lowest BCUT2D eigenvalue weighted by atomic mass is 9.94. The third kappa shape index (κ3) is 3.77. The molecule has 2 aromatic rings. The zero-order valence-corrected chi connectivity index (χ0v) is 16.9. The minimum atomic E-state index is -0.610. The normalized spacial score (nSPS) is 16.3. The molecule has 0 radical (unpaired) electrons. The first-order valence-corrected chi connectivity index (χ1v) is 9.07. The largest absolute Gasteiger partial charge is 0.495 e. The Kier molecular flexibility index (Phi) is 5.79. The number of methoxy groups -OCH3 is 2. The van der Waals surface area contributed by atoms with E-state index in [0.29, 0.717) is 33.4 Å². The quantitative estimate of drug-likeness (QED) is 0.345. The Morgan fingerprint density at radius 3 is 2.41 bits per heavy atom. The van der Waals surface area contributed by atoms with Crippen molar-refractivity contribution in [1.82, 2.24) is 5.32 Å². The molecule has 9 heteroatoms. The fourth-order valence-corrected chi connectivity index (χ4v) is 3.61. The maximum Gasteiger partial charge on any atom is 0.337 e. The maximum absolute atomic E-state index is 12.6. The van der Waals surface area contributed by atoms with E-state index in [1.807, 2.05) is 18.2 Å². The summed E-state index contributed by atoms with van der Waals surface area (Å²) in [6.45, 7) is 1.77. The summed E-state index contributed by atoms with van der Waals surface area (Å²) in [4.78, 5) is 24.8. The molecule has 0 fully saturated rings. The van der Waals surface area contributed by atoms with Crippen molar-refractivity contribution in [3.63, 3.8) is 0 Å². The first-order valence-electron chi connectivity index (χ1n) is 8.66. The van der Waals surface area contributed by atoms with E-state index in [4.69, 9.17) is 21.7 Å². The maximum atomic E-state index is 12.6. The van der Waals surface area contributed by atoms with Crippen LogP contribution in [-0.2, 0) is 9.53 Å². The van der Waals surface area contributed by atoms with Crippen molar-refractivity contribution in [2.75, 3.05) is 19.1 Å². The number of thiocarbonyl (C=S) groups is 1. The van der Waals surface area contributed by atoms with E-state index in [0.717, 1.165) is 0 Å². The molecule has 0 bridgehead atoms. The second-order valence-corrected chi connectivity index (χ2v) is 6.62. The molecule has 0 spiro atoms. The van der Waals surface area contributed by atoms with Gasteiger partial charge in [-0.15, -0.1) is 0 Å². The van der Waals surface area contributed by atoms with Crippen LogP contribution in [0.15, 0.2) is 59.8 Å². The van der Waals surface area contributed by atoms with Gasteiger partial charge in [0.25, 0.3) is 5.69 Å². The minimum Gasteiger partial charge on any atom is -0.495 e. The van der Waals surface area contributed by atoms with Gasteiger partial charge in [-0.1, -0.05) is 12.1 Å². The second-order valence-electron chi connectivity index (χ2n) is 6.23. The topological polar surface area (TPSA) is 93.9 Å². The highest BCUT2D eigenvalue weighted by molar-refractivity contribution is 7.80. The van der Waals surface area contributed by atoms with Gasteiger partial charge in [0.05, 0.1) is 36.4 Å². The number of carbonyl (C=O) groups is 1. The van der Waals surface area contributed by atoms with Gasteiger partial charge < -0.3 is 14.8 Å². The van der Waals surface area contributed by atoms with Gasteiger partial charge >= 0.3 is 5.97 Å². The highest BCUT2D eigenvalue weighted by atomic mass is 32.1. The minimum absolute atomic E-state index is 0.0388. The molecule has 0 aliphatic carbocycles. The van der Waals surface area contributed by atoms with Crippen LogP contribution in [0, 0.1) is 10.1 Å². The average molecular weight is 413 g/mol. The third-order valence-corrected chi connectivity index (χ3v) is 4.95. The first-order chi connectivity index (χ1) is 13.9. The van der Waals surface area contributed by atoms with Gasteiger partial charge in [0.2, 0.25) is 0 Å². The summed E-state index contributed by atoms with van der Waals surface area (Å²) in [6.07, 6.45) is 0. The Balaban J connectivity index is 2.13. The van der Waals surface area contributed by atoms with Crippen LogP contribution >= 0.6 is 12.2 Å². The number of nitro groups is 1. The molecule has 0 saturated carbocycles. The molecule has 29 heavy (non-hydrogen) atoms. The van der Waals surface area contributed by atoms with Crippen LogP contribution < -0.4 is 15.0 Å². The number of nitrogens with one attached hydrogen (secondary N) is 1. The number of para-hydroxylation sites is 2. The Hall–Kier alpha value is -3.46. The summed E-state index contributed by atoms with van der Waals surface area (Å²) in [5, 5.41) is 14.5. The van der Waals surface area contributed by atoms with E-state index < -0.39 is 16.9 Å². The number of nitro benzene ring substituents is 1. The number of nitrogens with zero attached hydrogens (tertiary/aromatic N) is 2. The molecule has 3 rings (SSSR count). The summed E-state index contributed by atoms with van der Waals surface area (Å²) in [5.41, 5.74) is 2.21. The van der Waals surface area contributed by atoms with Crippen LogP contribution in [0.2, 0.25) is 0 Å². The van der Waals surface area contributed by atoms with Gasteiger partial charge in [-0.25, -0.2) is 4.79 Å². The predicted molar refractivity (Wildman–Crippen MR) is 112 cm³/mol. The van der Waals surface area contributed by atoms with Gasteiger partial charge in [-0.2, -0.15) is 0 Å². The Bertz CT molecular complexity index is 1000. The lowest BCUT2D eigenvalue weighted by Gasteiger charge is -2.37. The van der Waals surface area contributed by atoms with Crippen molar-refractivity contribution >= 4 is 34.7 Å². The smallest absolute Gasteiger partial charge is 0.337 e. The van der Waals surface area contributed by atoms with Crippen molar-refractivity contribution in [2.45, 2.75) is 13.0 Å². The van der Waals surface area contributed by atoms with Crippen LogP contribution in [-0.4, -0.2) is 30.2 Å². The highest BCUT2D eigenvalue weighted by Crippen LogP contribution is 2.38. The fraction of sp³-hybridized carbons (Fsp3) is 0.200. The summed E-state index contributed by atoms with van der Waals surface area (Å²) in [6, 6.07) is 12.6. The van der Waals surface area contributed by atoms with Crippen LogP contribution in [0.25, 0.3) is 0 Å². The molecule has 0 unspecified atom stereocenters. The predicted octanol–water partition coefficient (Wildman–Crippen LogP) is 3.49. The number of hydrogen-bond donors (Lipinski definition) is 1. The zero-order chi connectivity index (χ0) is 21.1. The standard InChI is InChI=1S/C20H19N3O5S/c1-12-17(19(24)28-3)18(13-8-10-14(11-9-13)23(25)26)21-20(29)22(12)15-6-4-5-7-16(15)27-2/h4-11,18H,1-3H3,(H,21,29)/t18-/m1/s1. The SMILES string of the molecule is COC(=O)C1=C(C)N(c2ccccc2OC)C(=S)N[C@@H]1c1ccc([N+](=O)[O-])cc1. The van der Waals surface area contributed by atoms with Crippen LogP contribution in [0.5, 0.6) is 5.75 Å². The number of carbonyl (C=O) groups excluding carboxylic acids is 1. The highest BCUT2D eigenvalue weighted by Gasteiger charge is 2.36. The molecule has 0 saturated heterocycles. The van der Waals surface area contributed by atoms with E-state index >= 15 is 0 Å². The van der Waals surface area contributed by atoms with E-state index in [1.165, 1.54) is 19.2 Å². The monoisotopic (exact) mass is 413 g/mol. The number of benzene rings is 2. The fourth-order valence-electron chi connectivity index (χ4n) is 3.26. The van der Waals surface area contributed by atoms with Crippen molar-refractivity contribution in [1.29, 1.82) is 0 Å². The Labute approximate surface area is 172 Å².